The molecule has 4 rings (SSSR count). The SMILES string of the molecule is CCn1nc(C(=O)N(CCCN2CCOCC2)c2nc3c(C)cccc3s2)cc1C. The number of hydrogen-bond donors (Lipinski definition) is 0. The van der Waals surface area contributed by atoms with Gasteiger partial charge in [-0.2, -0.15) is 5.10 Å². The van der Waals surface area contributed by atoms with E-state index in [0.29, 0.717) is 12.2 Å². The second kappa shape index (κ2) is 9.24. The summed E-state index contributed by atoms with van der Waals surface area (Å²) in [6, 6.07) is 8.04. The fourth-order valence-electron chi connectivity index (χ4n) is 3.82. The van der Waals surface area contributed by atoms with Crippen LogP contribution in [0.5, 0.6) is 0 Å². The van der Waals surface area contributed by atoms with Crippen LogP contribution in [0.25, 0.3) is 10.2 Å². The van der Waals surface area contributed by atoms with Crippen LogP contribution < -0.4 is 4.90 Å². The predicted molar refractivity (Wildman–Crippen MR) is 121 cm³/mol. The highest BCUT2D eigenvalue weighted by Crippen LogP contribution is 2.31. The normalized spacial score (nSPS) is 15.0. The standard InChI is InChI=1S/C22H29N5O2S/c1-4-27-17(3)15-18(24-27)21(28)26(10-6-9-25-11-13-29-14-12-25)22-23-20-16(2)7-5-8-19(20)30-22/h5,7-8,15H,4,6,9-14H2,1-3H3. The molecule has 3 aromatic rings. The van der Waals surface area contributed by atoms with Crippen molar-refractivity contribution in [2.45, 2.75) is 33.7 Å². The van der Waals surface area contributed by atoms with Gasteiger partial charge in [-0.05, 0) is 44.9 Å². The highest BCUT2D eigenvalue weighted by atomic mass is 32.1. The van der Waals surface area contributed by atoms with Crippen molar-refractivity contribution in [2.75, 3.05) is 44.3 Å². The van der Waals surface area contributed by atoms with Crippen molar-refractivity contribution in [3.63, 3.8) is 0 Å². The molecule has 1 saturated heterocycles. The number of rotatable bonds is 7. The minimum Gasteiger partial charge on any atom is -0.379 e. The van der Waals surface area contributed by atoms with Gasteiger partial charge in [0.05, 0.1) is 23.4 Å². The summed E-state index contributed by atoms with van der Waals surface area (Å²) in [7, 11) is 0. The molecule has 0 bridgehead atoms. The largest absolute Gasteiger partial charge is 0.379 e. The molecule has 2 aromatic heterocycles. The van der Waals surface area contributed by atoms with Gasteiger partial charge in [0.15, 0.2) is 10.8 Å². The number of hydrogen-bond acceptors (Lipinski definition) is 6. The third kappa shape index (κ3) is 4.40. The number of aromatic nitrogens is 3. The van der Waals surface area contributed by atoms with Crippen LogP contribution in [0.3, 0.4) is 0 Å². The molecule has 1 aliphatic rings. The summed E-state index contributed by atoms with van der Waals surface area (Å²) < 4.78 is 8.40. The molecule has 1 amide bonds. The van der Waals surface area contributed by atoms with Crippen molar-refractivity contribution < 1.29 is 9.53 Å². The molecular weight excluding hydrogens is 398 g/mol. The van der Waals surface area contributed by atoms with Gasteiger partial charge in [-0.3, -0.25) is 19.3 Å². The zero-order chi connectivity index (χ0) is 21.1. The van der Waals surface area contributed by atoms with Crippen LogP contribution in [-0.2, 0) is 11.3 Å². The maximum absolute atomic E-state index is 13.5. The molecule has 0 atom stereocenters. The monoisotopic (exact) mass is 427 g/mol. The van der Waals surface area contributed by atoms with Crippen molar-refractivity contribution in [3.05, 3.63) is 41.2 Å². The van der Waals surface area contributed by atoms with Crippen LogP contribution >= 0.6 is 11.3 Å². The summed E-state index contributed by atoms with van der Waals surface area (Å²) in [4.78, 5) is 22.5. The summed E-state index contributed by atoms with van der Waals surface area (Å²) in [6.07, 6.45) is 0.883. The van der Waals surface area contributed by atoms with Gasteiger partial charge in [-0.1, -0.05) is 23.5 Å². The molecule has 0 aliphatic carbocycles. The molecule has 0 unspecified atom stereocenters. The topological polar surface area (TPSA) is 63.5 Å². The Labute approximate surface area is 181 Å². The quantitative estimate of drug-likeness (QED) is 0.577. The van der Waals surface area contributed by atoms with E-state index in [2.05, 4.69) is 29.1 Å². The van der Waals surface area contributed by atoms with Gasteiger partial charge in [0.1, 0.15) is 0 Å². The lowest BCUT2D eigenvalue weighted by molar-refractivity contribution is 0.0376. The maximum Gasteiger partial charge on any atom is 0.280 e. The van der Waals surface area contributed by atoms with E-state index < -0.39 is 0 Å². The number of amides is 1. The molecule has 160 valence electrons. The van der Waals surface area contributed by atoms with Gasteiger partial charge in [-0.25, -0.2) is 4.98 Å². The number of carbonyl (C=O) groups is 1. The highest BCUT2D eigenvalue weighted by molar-refractivity contribution is 7.22. The van der Waals surface area contributed by atoms with Crippen molar-refractivity contribution >= 4 is 32.6 Å². The first kappa shape index (κ1) is 21.0. The Morgan fingerprint density at radius 2 is 2.07 bits per heavy atom. The molecule has 0 N–H and O–H groups in total. The van der Waals surface area contributed by atoms with Crippen LogP contribution in [0.1, 0.15) is 35.1 Å². The first-order valence-corrected chi connectivity index (χ1v) is 11.4. The Morgan fingerprint density at radius 1 is 1.27 bits per heavy atom. The molecule has 3 heterocycles. The van der Waals surface area contributed by atoms with Gasteiger partial charge >= 0.3 is 0 Å². The third-order valence-corrected chi connectivity index (χ3v) is 6.59. The van der Waals surface area contributed by atoms with Crippen LogP contribution in [0.2, 0.25) is 0 Å². The van der Waals surface area contributed by atoms with E-state index in [1.165, 1.54) is 0 Å². The Balaban J connectivity index is 1.59. The number of nitrogens with zero attached hydrogens (tertiary/aromatic N) is 5. The van der Waals surface area contributed by atoms with Crippen LogP contribution in [0.4, 0.5) is 5.13 Å². The number of anilines is 1. The fraction of sp³-hybridized carbons (Fsp3) is 0.500. The molecule has 30 heavy (non-hydrogen) atoms. The minimum atomic E-state index is -0.0796. The number of fused-ring (bicyclic) bond motifs is 1. The number of benzene rings is 1. The van der Waals surface area contributed by atoms with E-state index in [1.807, 2.05) is 35.6 Å². The Bertz CT molecular complexity index is 1020. The molecule has 0 radical (unpaired) electrons. The number of para-hydroxylation sites is 1. The summed E-state index contributed by atoms with van der Waals surface area (Å²) in [6.45, 7) is 11.9. The van der Waals surface area contributed by atoms with E-state index in [0.717, 1.165) is 72.4 Å². The van der Waals surface area contributed by atoms with Crippen molar-refractivity contribution in [2.24, 2.45) is 0 Å². The van der Waals surface area contributed by atoms with Crippen molar-refractivity contribution in [3.8, 4) is 0 Å². The highest BCUT2D eigenvalue weighted by Gasteiger charge is 2.24. The molecule has 0 saturated carbocycles. The van der Waals surface area contributed by atoms with Crippen LogP contribution in [-0.4, -0.2) is 65.0 Å². The van der Waals surface area contributed by atoms with Crippen molar-refractivity contribution in [1.82, 2.24) is 19.7 Å². The predicted octanol–water partition coefficient (Wildman–Crippen LogP) is 3.50. The molecule has 1 aromatic carbocycles. The van der Waals surface area contributed by atoms with Gasteiger partial charge in [0, 0.05) is 38.4 Å². The smallest absolute Gasteiger partial charge is 0.280 e. The maximum atomic E-state index is 13.5. The number of morpholine rings is 1. The Morgan fingerprint density at radius 3 is 2.77 bits per heavy atom. The molecular formula is C22H29N5O2S. The zero-order valence-electron chi connectivity index (χ0n) is 17.9. The average molecular weight is 428 g/mol. The van der Waals surface area contributed by atoms with E-state index in [4.69, 9.17) is 9.72 Å². The number of thiazole rings is 1. The summed E-state index contributed by atoms with van der Waals surface area (Å²) in [5.74, 6) is -0.0796. The average Bonchev–Trinajstić information content (AvgIpc) is 3.36. The minimum absolute atomic E-state index is 0.0796. The summed E-state index contributed by atoms with van der Waals surface area (Å²) in [5, 5.41) is 5.26. The summed E-state index contributed by atoms with van der Waals surface area (Å²) in [5.41, 5.74) is 3.58. The Kier molecular flexibility index (Phi) is 6.46. The second-order valence-corrected chi connectivity index (χ2v) is 8.68. The zero-order valence-corrected chi connectivity index (χ0v) is 18.7. The van der Waals surface area contributed by atoms with E-state index in [1.54, 1.807) is 11.3 Å². The van der Waals surface area contributed by atoms with Gasteiger partial charge in [0.25, 0.3) is 5.91 Å². The van der Waals surface area contributed by atoms with Gasteiger partial charge < -0.3 is 4.74 Å². The molecule has 0 spiro atoms. The lowest BCUT2D eigenvalue weighted by Crippen LogP contribution is -2.39. The summed E-state index contributed by atoms with van der Waals surface area (Å²) >= 11 is 1.57. The Hall–Kier alpha value is -2.29. The lowest BCUT2D eigenvalue weighted by atomic mass is 10.2. The van der Waals surface area contributed by atoms with E-state index >= 15 is 0 Å². The third-order valence-electron chi connectivity index (χ3n) is 5.55. The van der Waals surface area contributed by atoms with E-state index in [9.17, 15) is 4.79 Å². The number of carbonyl (C=O) groups excluding carboxylic acids is 1. The van der Waals surface area contributed by atoms with E-state index in [-0.39, 0.29) is 5.91 Å². The fourth-order valence-corrected chi connectivity index (χ4v) is 4.89. The first-order chi connectivity index (χ1) is 14.6. The van der Waals surface area contributed by atoms with Crippen molar-refractivity contribution in [1.29, 1.82) is 0 Å². The van der Waals surface area contributed by atoms with Gasteiger partial charge in [0.2, 0.25) is 0 Å². The lowest BCUT2D eigenvalue weighted by Gasteiger charge is -2.27. The van der Waals surface area contributed by atoms with Crippen LogP contribution in [0, 0.1) is 13.8 Å². The molecule has 7 nitrogen and oxygen atoms in total. The second-order valence-electron chi connectivity index (χ2n) is 7.67. The van der Waals surface area contributed by atoms with Crippen LogP contribution in [0.15, 0.2) is 24.3 Å². The number of aryl methyl sites for hydroxylation is 3. The first-order valence-electron chi connectivity index (χ1n) is 10.6. The molecule has 8 heteroatoms. The molecule has 1 fully saturated rings. The number of ether oxygens (including phenoxy) is 1. The molecule has 1 aliphatic heterocycles. The van der Waals surface area contributed by atoms with Gasteiger partial charge in [-0.15, -0.1) is 0 Å².